The number of terminal acetylenes is 1. The van der Waals surface area contributed by atoms with Crippen LogP contribution in [0.1, 0.15) is 84.8 Å². The summed E-state index contributed by atoms with van der Waals surface area (Å²) < 4.78 is 38.5. The van der Waals surface area contributed by atoms with Crippen LogP contribution in [-0.2, 0) is 29.7 Å². The highest BCUT2D eigenvalue weighted by atomic mass is 33.1. The first-order valence-electron chi connectivity index (χ1n) is 19.6. The Kier molecular flexibility index (Phi) is 15.8. The maximum atomic E-state index is 13.0. The van der Waals surface area contributed by atoms with Crippen LogP contribution >= 0.6 is 30.1 Å². The van der Waals surface area contributed by atoms with Gasteiger partial charge in [-0.05, 0) is 85.0 Å². The average Bonchev–Trinajstić information content (AvgIpc) is 3.80. The summed E-state index contributed by atoms with van der Waals surface area (Å²) in [6.07, 6.45) is 7.28. The number of imidazole rings is 1. The smallest absolute Gasteiger partial charge is 0.259 e. The minimum Gasteiger partial charge on any atom is -0.374 e. The molecule has 57 heavy (non-hydrogen) atoms. The SMILES string of the molecule is [2H]CC1OC(n2cnc3c(NC(=O)c4ccccc4)ncnc32)C(OC)C1OP(OCCc1ccccc1SSC(C)(C)CCC(=O)NCC#C)N(C(C)C)C(C)C. The van der Waals surface area contributed by atoms with Gasteiger partial charge in [-0.1, -0.05) is 63.9 Å². The molecule has 2 aromatic heterocycles. The first-order chi connectivity index (χ1) is 27.9. The van der Waals surface area contributed by atoms with E-state index in [1.165, 1.54) is 6.33 Å². The van der Waals surface area contributed by atoms with Crippen molar-refractivity contribution in [2.45, 2.75) is 114 Å². The van der Waals surface area contributed by atoms with Crippen molar-refractivity contribution in [3.63, 3.8) is 0 Å². The topological polar surface area (TPSA) is 142 Å². The molecule has 1 aliphatic rings. The summed E-state index contributed by atoms with van der Waals surface area (Å²) in [5.41, 5.74) is 2.45. The summed E-state index contributed by atoms with van der Waals surface area (Å²) >= 11 is 0. The maximum absolute atomic E-state index is 13.0. The zero-order valence-corrected chi connectivity index (χ0v) is 36.1. The van der Waals surface area contributed by atoms with Crippen molar-refractivity contribution >= 4 is 58.9 Å². The number of nitrogens with zero attached hydrogens (tertiary/aromatic N) is 5. The Morgan fingerprint density at radius 1 is 1.09 bits per heavy atom. The van der Waals surface area contributed by atoms with Crippen LogP contribution in [0.2, 0.25) is 0 Å². The second-order valence-corrected chi connectivity index (χ2v) is 18.9. The lowest BCUT2D eigenvalue weighted by Crippen LogP contribution is -2.39. The molecule has 2 N–H and O–H groups in total. The fourth-order valence-electron chi connectivity index (χ4n) is 6.32. The van der Waals surface area contributed by atoms with Crippen molar-refractivity contribution in [2.24, 2.45) is 0 Å². The van der Waals surface area contributed by atoms with Gasteiger partial charge < -0.3 is 29.2 Å². The minimum atomic E-state index is -1.65. The first-order valence-corrected chi connectivity index (χ1v) is 22.2. The predicted octanol–water partition coefficient (Wildman–Crippen LogP) is 8.05. The summed E-state index contributed by atoms with van der Waals surface area (Å²) in [5, 5.41) is 5.59. The van der Waals surface area contributed by atoms with E-state index in [9.17, 15) is 9.59 Å². The third kappa shape index (κ3) is 11.8. The maximum Gasteiger partial charge on any atom is 0.259 e. The fraction of sp³-hybridized carbons (Fsp3) is 0.488. The third-order valence-electron chi connectivity index (χ3n) is 9.16. The van der Waals surface area contributed by atoms with E-state index in [0.717, 1.165) is 10.5 Å². The lowest BCUT2D eigenvalue weighted by molar-refractivity contribution is -0.121. The van der Waals surface area contributed by atoms with E-state index in [0.29, 0.717) is 42.6 Å². The van der Waals surface area contributed by atoms with E-state index in [1.54, 1.807) is 63.9 Å². The number of carbonyl (C=O) groups excluding carboxylic acids is 2. The van der Waals surface area contributed by atoms with Gasteiger partial charge in [0, 0.05) is 42.2 Å². The fourth-order valence-corrected chi connectivity index (χ4v) is 10.7. The van der Waals surface area contributed by atoms with E-state index in [2.05, 4.69) is 89.9 Å². The van der Waals surface area contributed by atoms with E-state index in [4.69, 9.17) is 26.3 Å². The molecule has 3 heterocycles. The van der Waals surface area contributed by atoms with Crippen LogP contribution in [0.25, 0.3) is 11.2 Å². The van der Waals surface area contributed by atoms with Crippen molar-refractivity contribution in [3.05, 3.63) is 78.4 Å². The number of carbonyl (C=O) groups is 2. The van der Waals surface area contributed by atoms with Crippen molar-refractivity contribution in [3.8, 4) is 12.3 Å². The zero-order chi connectivity index (χ0) is 41.8. The van der Waals surface area contributed by atoms with Crippen LogP contribution < -0.4 is 10.6 Å². The average molecular weight is 837 g/mol. The van der Waals surface area contributed by atoms with Crippen LogP contribution in [0.5, 0.6) is 0 Å². The van der Waals surface area contributed by atoms with Crippen molar-refractivity contribution in [1.29, 1.82) is 0 Å². The number of anilines is 1. The van der Waals surface area contributed by atoms with Crippen LogP contribution in [0.15, 0.2) is 72.1 Å². The number of nitrogens with one attached hydrogen (secondary N) is 2. The molecule has 1 fully saturated rings. The number of methoxy groups -OCH3 is 1. The van der Waals surface area contributed by atoms with E-state index in [1.807, 2.05) is 18.2 Å². The second-order valence-electron chi connectivity index (χ2n) is 14.6. The van der Waals surface area contributed by atoms with Crippen LogP contribution in [-0.4, -0.2) is 91.4 Å². The number of amides is 2. The van der Waals surface area contributed by atoms with E-state index in [-0.39, 0.29) is 47.9 Å². The van der Waals surface area contributed by atoms with Gasteiger partial charge in [0.25, 0.3) is 14.4 Å². The Bertz CT molecular complexity index is 1990. The second kappa shape index (κ2) is 20.9. The Balaban J connectivity index is 1.30. The zero-order valence-electron chi connectivity index (χ0n) is 34.6. The van der Waals surface area contributed by atoms with E-state index < -0.39 is 33.1 Å². The highest BCUT2D eigenvalue weighted by molar-refractivity contribution is 8.77. The van der Waals surface area contributed by atoms with Gasteiger partial charge in [0.05, 0.1) is 25.6 Å². The van der Waals surface area contributed by atoms with Crippen molar-refractivity contribution in [1.82, 2.24) is 29.5 Å². The lowest BCUT2D eigenvalue weighted by atomic mass is 10.1. The molecule has 0 aliphatic carbocycles. The molecular formula is C41H54N7O6PS2. The third-order valence-corrected chi connectivity index (χ3v) is 14.7. The Hall–Kier alpha value is -3.58. The summed E-state index contributed by atoms with van der Waals surface area (Å²) in [5.74, 6) is 2.34. The molecule has 13 nitrogen and oxygen atoms in total. The Labute approximate surface area is 346 Å². The van der Waals surface area contributed by atoms with Gasteiger partial charge in [0.2, 0.25) is 5.91 Å². The van der Waals surface area contributed by atoms with Gasteiger partial charge in [-0.15, -0.1) is 6.42 Å². The normalized spacial score (nSPS) is 19.2. The molecule has 16 heteroatoms. The number of ether oxygens (including phenoxy) is 2. The highest BCUT2D eigenvalue weighted by Crippen LogP contribution is 2.51. The van der Waals surface area contributed by atoms with Gasteiger partial charge >= 0.3 is 0 Å². The summed E-state index contributed by atoms with van der Waals surface area (Å²) in [6, 6.07) is 17.3. The first kappa shape index (κ1) is 43.0. The molecule has 2 amide bonds. The van der Waals surface area contributed by atoms with Crippen LogP contribution in [0.4, 0.5) is 5.82 Å². The Morgan fingerprint density at radius 2 is 1.82 bits per heavy atom. The standard InChI is InChI=1S/C41H54N7O6PS2/c1-10-23-42-33(49)20-22-41(7,8)57-56-32-19-15-14-16-30(32)21-24-52-55(48(27(2)3)28(4)5)54-35-29(6)53-40(36(35)51-9)47-26-45-34-37(43-25-44-38(34)47)46-39(50)31-17-12-11-13-18-31/h1,11-19,25-29,35-36,40H,20-24H2,2-9H3,(H,42,49)(H,43,44,46,50)/i6D. The molecule has 5 unspecified atom stereocenters. The molecular weight excluding hydrogens is 782 g/mol. The molecule has 2 aromatic carbocycles. The number of benzene rings is 2. The molecule has 1 saturated heterocycles. The largest absolute Gasteiger partial charge is 0.374 e. The quantitative estimate of drug-likeness (QED) is 0.0506. The molecule has 306 valence electrons. The molecule has 5 rings (SSSR count). The number of hydrogen-bond donors (Lipinski definition) is 2. The highest BCUT2D eigenvalue weighted by Gasteiger charge is 2.48. The summed E-state index contributed by atoms with van der Waals surface area (Å²) in [7, 11) is 3.39. The number of hydrogen-bond acceptors (Lipinski definition) is 12. The molecule has 0 radical (unpaired) electrons. The summed E-state index contributed by atoms with van der Waals surface area (Å²) in [4.78, 5) is 39.6. The molecule has 0 bridgehead atoms. The van der Waals surface area contributed by atoms with E-state index >= 15 is 0 Å². The van der Waals surface area contributed by atoms with Crippen molar-refractivity contribution in [2.75, 3.05) is 25.6 Å². The van der Waals surface area contributed by atoms with Gasteiger partial charge in [0.1, 0.15) is 18.5 Å². The lowest BCUT2D eigenvalue weighted by Gasteiger charge is -2.38. The van der Waals surface area contributed by atoms with Gasteiger partial charge in [0.15, 0.2) is 23.2 Å². The number of fused-ring (bicyclic) bond motifs is 1. The van der Waals surface area contributed by atoms with Gasteiger partial charge in [-0.25, -0.2) is 19.6 Å². The Morgan fingerprint density at radius 3 is 2.53 bits per heavy atom. The van der Waals surface area contributed by atoms with Gasteiger partial charge in [-0.3, -0.25) is 14.2 Å². The molecule has 1 aliphatic heterocycles. The molecule has 5 atom stereocenters. The van der Waals surface area contributed by atoms with Crippen molar-refractivity contribution < 1.29 is 29.5 Å². The number of aromatic nitrogens is 4. The van der Waals surface area contributed by atoms with Crippen LogP contribution in [0, 0.1) is 12.3 Å². The van der Waals surface area contributed by atoms with Crippen LogP contribution in [0.3, 0.4) is 0 Å². The minimum absolute atomic E-state index is 0.0416. The molecule has 0 saturated carbocycles. The molecule has 0 spiro atoms. The predicted molar refractivity (Wildman–Crippen MR) is 229 cm³/mol. The van der Waals surface area contributed by atoms with Gasteiger partial charge in [-0.2, -0.15) is 0 Å². The number of rotatable bonds is 20. The molecule has 4 aromatic rings. The summed E-state index contributed by atoms with van der Waals surface area (Å²) in [6.45, 7) is 13.3. The monoisotopic (exact) mass is 836 g/mol.